The van der Waals surface area contributed by atoms with Crippen LogP contribution in [0.15, 0.2) is 24.3 Å². The molecule has 0 heterocycles. The number of esters is 1. The second-order valence-electron chi connectivity index (χ2n) is 8.53. The molecule has 2 N–H and O–H groups in total. The number of rotatable bonds is 10. The van der Waals surface area contributed by atoms with Crippen molar-refractivity contribution in [1.82, 2.24) is 0 Å². The van der Waals surface area contributed by atoms with E-state index in [0.717, 1.165) is 0 Å². The molecule has 29 heavy (non-hydrogen) atoms. The van der Waals surface area contributed by atoms with Gasteiger partial charge < -0.3 is 28.8 Å². The normalized spacial score (nSPS) is 16.5. The van der Waals surface area contributed by atoms with E-state index in [-0.39, 0.29) is 11.6 Å². The summed E-state index contributed by atoms with van der Waals surface area (Å²) < 4.78 is 22.3. The predicted octanol–water partition coefficient (Wildman–Crippen LogP) is 3.14. The Labute approximate surface area is 175 Å². The molecular weight excluding hydrogens is 392 g/mol. The van der Waals surface area contributed by atoms with Gasteiger partial charge in [-0.15, -0.1) is 0 Å². The van der Waals surface area contributed by atoms with Crippen LogP contribution in [0.1, 0.15) is 34.6 Å². The zero-order valence-electron chi connectivity index (χ0n) is 18.8. The molecule has 0 saturated heterocycles. The molecule has 1 aromatic rings. The second-order valence-corrected chi connectivity index (χ2v) is 13.3. The summed E-state index contributed by atoms with van der Waals surface area (Å²) in [6.45, 7) is 14.0. The molecule has 0 bridgehead atoms. The standard InChI is InChI=1S/C21H36O7Si/c1-9-26-20(24)18(23)17(22)19(14(2)28-29(7,8)21(3,4)5)27-16-12-10-15(25-6)11-13-16/h10-14,17-19,22-23H,9H2,1-8H3/t14-,17-,18-,19+/m1/s1. The van der Waals surface area contributed by atoms with Gasteiger partial charge in [-0.2, -0.15) is 0 Å². The maximum Gasteiger partial charge on any atom is 0.337 e. The van der Waals surface area contributed by atoms with Gasteiger partial charge in [0.15, 0.2) is 20.5 Å². The first kappa shape index (κ1) is 25.4. The molecule has 1 aromatic carbocycles. The predicted molar refractivity (Wildman–Crippen MR) is 114 cm³/mol. The van der Waals surface area contributed by atoms with Gasteiger partial charge in [0.25, 0.3) is 0 Å². The van der Waals surface area contributed by atoms with Gasteiger partial charge in [-0.25, -0.2) is 4.79 Å². The van der Waals surface area contributed by atoms with Crippen LogP contribution < -0.4 is 9.47 Å². The van der Waals surface area contributed by atoms with Gasteiger partial charge in [0.05, 0.1) is 19.8 Å². The molecular formula is C21H36O7Si. The second kappa shape index (κ2) is 10.4. The fraction of sp³-hybridized carbons (Fsp3) is 0.667. The number of methoxy groups -OCH3 is 1. The molecule has 0 fully saturated rings. The topological polar surface area (TPSA) is 94.5 Å². The summed E-state index contributed by atoms with van der Waals surface area (Å²) in [5.74, 6) is 0.214. The third kappa shape index (κ3) is 6.99. The van der Waals surface area contributed by atoms with E-state index >= 15 is 0 Å². The first-order valence-electron chi connectivity index (χ1n) is 9.85. The van der Waals surface area contributed by atoms with E-state index in [4.69, 9.17) is 18.6 Å². The van der Waals surface area contributed by atoms with Crippen LogP contribution in [0.4, 0.5) is 0 Å². The van der Waals surface area contributed by atoms with Crippen LogP contribution in [0.2, 0.25) is 18.1 Å². The van der Waals surface area contributed by atoms with E-state index in [1.807, 2.05) is 0 Å². The summed E-state index contributed by atoms with van der Waals surface area (Å²) in [5.41, 5.74) is 0. The van der Waals surface area contributed by atoms with Crippen molar-refractivity contribution in [1.29, 1.82) is 0 Å². The van der Waals surface area contributed by atoms with Crippen LogP contribution in [0.3, 0.4) is 0 Å². The van der Waals surface area contributed by atoms with Crippen molar-refractivity contribution >= 4 is 14.3 Å². The lowest BCUT2D eigenvalue weighted by molar-refractivity contribution is -0.165. The molecule has 0 aliphatic rings. The van der Waals surface area contributed by atoms with Gasteiger partial charge >= 0.3 is 5.97 Å². The number of carbonyl (C=O) groups excluding carboxylic acids is 1. The molecule has 0 aliphatic heterocycles. The summed E-state index contributed by atoms with van der Waals surface area (Å²) in [6, 6.07) is 6.82. The van der Waals surface area contributed by atoms with Crippen LogP contribution in [-0.2, 0) is 14.0 Å². The van der Waals surface area contributed by atoms with E-state index in [1.165, 1.54) is 0 Å². The van der Waals surface area contributed by atoms with E-state index in [2.05, 4.69) is 33.9 Å². The quantitative estimate of drug-likeness (QED) is 0.437. The number of carbonyl (C=O) groups is 1. The monoisotopic (exact) mass is 428 g/mol. The molecule has 4 atom stereocenters. The lowest BCUT2D eigenvalue weighted by Gasteiger charge is -2.41. The highest BCUT2D eigenvalue weighted by Crippen LogP contribution is 2.38. The highest BCUT2D eigenvalue weighted by molar-refractivity contribution is 6.74. The van der Waals surface area contributed by atoms with Crippen LogP contribution >= 0.6 is 0 Å². The van der Waals surface area contributed by atoms with Gasteiger partial charge in [0, 0.05) is 0 Å². The molecule has 166 valence electrons. The first-order chi connectivity index (χ1) is 13.3. The number of benzene rings is 1. The smallest absolute Gasteiger partial charge is 0.337 e. The van der Waals surface area contributed by atoms with E-state index in [1.54, 1.807) is 45.2 Å². The largest absolute Gasteiger partial charge is 0.497 e. The van der Waals surface area contributed by atoms with Crippen LogP contribution in [0.5, 0.6) is 11.5 Å². The molecule has 0 saturated carbocycles. The first-order valence-corrected chi connectivity index (χ1v) is 12.8. The third-order valence-electron chi connectivity index (χ3n) is 5.27. The zero-order chi connectivity index (χ0) is 22.4. The number of hydrogen-bond acceptors (Lipinski definition) is 7. The van der Waals surface area contributed by atoms with Crippen LogP contribution in [0, 0.1) is 0 Å². The molecule has 0 aromatic heterocycles. The highest BCUT2D eigenvalue weighted by Gasteiger charge is 2.43. The Bertz CT molecular complexity index is 639. The number of ether oxygens (including phenoxy) is 3. The zero-order valence-corrected chi connectivity index (χ0v) is 19.8. The van der Waals surface area contributed by atoms with Crippen LogP contribution in [0.25, 0.3) is 0 Å². The molecule has 0 unspecified atom stereocenters. The number of aliphatic hydroxyl groups is 2. The van der Waals surface area contributed by atoms with Gasteiger partial charge in [-0.3, -0.25) is 0 Å². The molecule has 7 nitrogen and oxygen atoms in total. The average Bonchev–Trinajstić information content (AvgIpc) is 2.64. The van der Waals surface area contributed by atoms with Gasteiger partial charge in [0.1, 0.15) is 17.6 Å². The SMILES string of the molecule is CCOC(=O)[C@H](O)[C@@H](O)[C@@H](Oc1ccc(OC)cc1)[C@@H](C)O[Si](C)(C)C(C)(C)C. The lowest BCUT2D eigenvalue weighted by atomic mass is 10.0. The Morgan fingerprint density at radius 1 is 1.10 bits per heavy atom. The molecule has 0 aliphatic carbocycles. The number of hydrogen-bond donors (Lipinski definition) is 2. The van der Waals surface area contributed by atoms with E-state index in [0.29, 0.717) is 11.5 Å². The van der Waals surface area contributed by atoms with Crippen molar-refractivity contribution < 1.29 is 33.6 Å². The summed E-state index contributed by atoms with van der Waals surface area (Å²) in [5, 5.41) is 21.0. The van der Waals surface area contributed by atoms with E-state index < -0.39 is 38.7 Å². The Morgan fingerprint density at radius 2 is 1.62 bits per heavy atom. The Morgan fingerprint density at radius 3 is 2.07 bits per heavy atom. The van der Waals surface area contributed by atoms with Crippen molar-refractivity contribution in [2.45, 2.75) is 77.2 Å². The van der Waals surface area contributed by atoms with Gasteiger partial charge in [0.2, 0.25) is 0 Å². The maximum atomic E-state index is 12.0. The fourth-order valence-corrected chi connectivity index (χ4v) is 3.93. The lowest BCUT2D eigenvalue weighted by Crippen LogP contribution is -2.54. The van der Waals surface area contributed by atoms with Crippen molar-refractivity contribution in [3.63, 3.8) is 0 Å². The van der Waals surface area contributed by atoms with Crippen molar-refractivity contribution in [2.24, 2.45) is 0 Å². The van der Waals surface area contributed by atoms with Crippen molar-refractivity contribution in [3.8, 4) is 11.5 Å². The molecule has 0 spiro atoms. The number of aliphatic hydroxyl groups excluding tert-OH is 2. The summed E-state index contributed by atoms with van der Waals surface area (Å²) >= 11 is 0. The summed E-state index contributed by atoms with van der Waals surface area (Å²) in [7, 11) is -0.632. The maximum absolute atomic E-state index is 12.0. The molecule has 0 amide bonds. The summed E-state index contributed by atoms with van der Waals surface area (Å²) in [6.07, 6.45) is -4.85. The van der Waals surface area contributed by atoms with Gasteiger partial charge in [-0.05, 0) is 56.2 Å². The van der Waals surface area contributed by atoms with Crippen LogP contribution in [-0.4, -0.2) is 62.6 Å². The Hall–Kier alpha value is -1.61. The fourth-order valence-electron chi connectivity index (χ4n) is 2.51. The third-order valence-corrected chi connectivity index (χ3v) is 9.84. The minimum absolute atomic E-state index is 0.0589. The minimum atomic E-state index is -2.19. The molecule has 0 radical (unpaired) electrons. The Balaban J connectivity index is 3.13. The van der Waals surface area contributed by atoms with Crippen molar-refractivity contribution in [2.75, 3.05) is 13.7 Å². The molecule has 8 heteroatoms. The van der Waals surface area contributed by atoms with Crippen molar-refractivity contribution in [3.05, 3.63) is 24.3 Å². The highest BCUT2D eigenvalue weighted by atomic mass is 28.4. The van der Waals surface area contributed by atoms with Gasteiger partial charge in [-0.1, -0.05) is 20.8 Å². The summed E-state index contributed by atoms with van der Waals surface area (Å²) in [4.78, 5) is 12.0. The minimum Gasteiger partial charge on any atom is -0.497 e. The average molecular weight is 429 g/mol. The Kier molecular flexibility index (Phi) is 9.14. The van der Waals surface area contributed by atoms with E-state index in [9.17, 15) is 15.0 Å². The molecule has 1 rings (SSSR count).